The van der Waals surface area contributed by atoms with E-state index in [0.717, 1.165) is 26.2 Å². The Morgan fingerprint density at radius 3 is 2.45 bits per heavy atom. The molecule has 1 amide bonds. The summed E-state index contributed by atoms with van der Waals surface area (Å²) in [5.74, 6) is 0.0734. The third kappa shape index (κ3) is 5.08. The molecule has 2 atom stereocenters. The minimum absolute atomic E-state index is 0.0734. The third-order valence-corrected chi connectivity index (χ3v) is 3.77. The zero-order valence-corrected chi connectivity index (χ0v) is 12.7. The monoisotopic (exact) mass is 282 g/mol. The Labute approximate surface area is 121 Å². The van der Waals surface area contributed by atoms with E-state index in [0.29, 0.717) is 19.5 Å². The second-order valence-electron chi connectivity index (χ2n) is 5.53. The normalized spacial score (nSPS) is 20.1. The van der Waals surface area contributed by atoms with Gasteiger partial charge < -0.3 is 10.0 Å². The standard InChI is InChI=1S/C14H26N4O2/c1-12(19)11-17-7-9-18(10-8-17)13(2)14(20)16(3)6-4-5-15/h12-13,19H,4,6-11H2,1-3H3/t12-,13-/m1/s1. The van der Waals surface area contributed by atoms with Crippen molar-refractivity contribution in [2.75, 3.05) is 46.3 Å². The summed E-state index contributed by atoms with van der Waals surface area (Å²) >= 11 is 0. The van der Waals surface area contributed by atoms with Crippen LogP contribution in [0.3, 0.4) is 0 Å². The van der Waals surface area contributed by atoms with E-state index in [-0.39, 0.29) is 18.1 Å². The summed E-state index contributed by atoms with van der Waals surface area (Å²) in [5, 5.41) is 17.9. The topological polar surface area (TPSA) is 70.8 Å². The van der Waals surface area contributed by atoms with Gasteiger partial charge in [-0.3, -0.25) is 14.6 Å². The highest BCUT2D eigenvalue weighted by molar-refractivity contribution is 5.81. The zero-order valence-electron chi connectivity index (χ0n) is 12.7. The van der Waals surface area contributed by atoms with Crippen molar-refractivity contribution in [3.05, 3.63) is 0 Å². The van der Waals surface area contributed by atoms with E-state index in [2.05, 4.69) is 15.9 Å². The summed E-state index contributed by atoms with van der Waals surface area (Å²) in [6.07, 6.45) is 0.0645. The Morgan fingerprint density at radius 1 is 1.35 bits per heavy atom. The third-order valence-electron chi connectivity index (χ3n) is 3.77. The molecule has 1 saturated heterocycles. The van der Waals surface area contributed by atoms with E-state index in [1.54, 1.807) is 18.9 Å². The number of likely N-dealkylation sites (N-methyl/N-ethyl adjacent to an activating group) is 1. The van der Waals surface area contributed by atoms with Crippen molar-refractivity contribution < 1.29 is 9.90 Å². The number of aliphatic hydroxyl groups excluding tert-OH is 1. The van der Waals surface area contributed by atoms with Crippen LogP contribution in [0.15, 0.2) is 0 Å². The average Bonchev–Trinajstić information content (AvgIpc) is 2.43. The lowest BCUT2D eigenvalue weighted by Crippen LogP contribution is -2.54. The summed E-state index contributed by atoms with van der Waals surface area (Å²) in [6, 6.07) is 1.91. The van der Waals surface area contributed by atoms with Gasteiger partial charge in [-0.15, -0.1) is 0 Å². The largest absolute Gasteiger partial charge is 0.392 e. The first-order chi connectivity index (χ1) is 9.45. The Bertz CT molecular complexity index is 346. The fraction of sp³-hybridized carbons (Fsp3) is 0.857. The van der Waals surface area contributed by atoms with Crippen LogP contribution >= 0.6 is 0 Å². The van der Waals surface area contributed by atoms with Crippen molar-refractivity contribution in [1.29, 1.82) is 5.26 Å². The number of aliphatic hydroxyl groups is 1. The van der Waals surface area contributed by atoms with Crippen molar-refractivity contribution >= 4 is 5.91 Å². The SMILES string of the molecule is C[C@H](C(=O)N(C)CCC#N)N1CCN(C[C@@H](C)O)CC1. The van der Waals surface area contributed by atoms with Gasteiger partial charge in [0.25, 0.3) is 0 Å². The van der Waals surface area contributed by atoms with Gasteiger partial charge in [0, 0.05) is 46.3 Å². The van der Waals surface area contributed by atoms with Gasteiger partial charge in [0.05, 0.1) is 24.6 Å². The number of piperazine rings is 1. The van der Waals surface area contributed by atoms with E-state index in [1.165, 1.54) is 0 Å². The number of nitriles is 1. The fourth-order valence-corrected chi connectivity index (χ4v) is 2.51. The molecule has 0 unspecified atom stereocenters. The molecule has 0 aromatic heterocycles. The van der Waals surface area contributed by atoms with Gasteiger partial charge in [0.2, 0.25) is 5.91 Å². The average molecular weight is 282 g/mol. The Hall–Kier alpha value is -1.16. The van der Waals surface area contributed by atoms with E-state index >= 15 is 0 Å². The molecule has 20 heavy (non-hydrogen) atoms. The number of amides is 1. The molecule has 1 heterocycles. The molecule has 0 aromatic carbocycles. The smallest absolute Gasteiger partial charge is 0.239 e. The van der Waals surface area contributed by atoms with Gasteiger partial charge in [0.15, 0.2) is 0 Å². The molecule has 6 nitrogen and oxygen atoms in total. The minimum atomic E-state index is -0.308. The Balaban J connectivity index is 2.40. The van der Waals surface area contributed by atoms with Gasteiger partial charge in [-0.2, -0.15) is 5.26 Å². The Kier molecular flexibility index (Phi) is 6.93. The maximum Gasteiger partial charge on any atom is 0.239 e. The number of carbonyl (C=O) groups excluding carboxylic acids is 1. The second-order valence-corrected chi connectivity index (χ2v) is 5.53. The zero-order chi connectivity index (χ0) is 15.1. The molecule has 1 aliphatic heterocycles. The van der Waals surface area contributed by atoms with Crippen LogP contribution < -0.4 is 0 Å². The van der Waals surface area contributed by atoms with Gasteiger partial charge >= 0.3 is 0 Å². The van der Waals surface area contributed by atoms with Crippen LogP contribution in [0, 0.1) is 11.3 Å². The van der Waals surface area contributed by atoms with E-state index in [4.69, 9.17) is 5.26 Å². The molecule has 114 valence electrons. The molecule has 1 aliphatic rings. The molecule has 0 saturated carbocycles. The molecule has 0 bridgehead atoms. The van der Waals surface area contributed by atoms with Gasteiger partial charge in [0.1, 0.15) is 0 Å². The quantitative estimate of drug-likeness (QED) is 0.727. The lowest BCUT2D eigenvalue weighted by molar-refractivity contribution is -0.135. The van der Waals surface area contributed by atoms with Gasteiger partial charge in [-0.25, -0.2) is 0 Å². The van der Waals surface area contributed by atoms with Crippen LogP contribution in [-0.4, -0.2) is 84.2 Å². The molecule has 6 heteroatoms. The van der Waals surface area contributed by atoms with Crippen molar-refractivity contribution in [3.63, 3.8) is 0 Å². The van der Waals surface area contributed by atoms with E-state index < -0.39 is 0 Å². The van der Waals surface area contributed by atoms with Crippen LogP contribution in [0.1, 0.15) is 20.3 Å². The second kappa shape index (κ2) is 8.20. The molecule has 0 aromatic rings. The molecular formula is C14H26N4O2. The number of rotatable bonds is 6. The van der Waals surface area contributed by atoms with Crippen molar-refractivity contribution in [3.8, 4) is 6.07 Å². The molecule has 1 rings (SSSR count). The summed E-state index contributed by atoms with van der Waals surface area (Å²) in [6.45, 7) is 8.34. The highest BCUT2D eigenvalue weighted by atomic mass is 16.3. The molecule has 0 spiro atoms. The fourth-order valence-electron chi connectivity index (χ4n) is 2.51. The van der Waals surface area contributed by atoms with Crippen LogP contribution in [0.25, 0.3) is 0 Å². The Morgan fingerprint density at radius 2 is 1.95 bits per heavy atom. The van der Waals surface area contributed by atoms with Crippen LogP contribution in [0.2, 0.25) is 0 Å². The first-order valence-electron chi connectivity index (χ1n) is 7.22. The maximum absolute atomic E-state index is 12.2. The summed E-state index contributed by atoms with van der Waals surface area (Å²) in [4.78, 5) is 18.3. The van der Waals surface area contributed by atoms with Crippen LogP contribution in [0.5, 0.6) is 0 Å². The summed E-state index contributed by atoms with van der Waals surface area (Å²) in [5.41, 5.74) is 0. The predicted octanol–water partition coefficient (Wildman–Crippen LogP) is -0.255. The molecule has 1 N–H and O–H groups in total. The lowest BCUT2D eigenvalue weighted by Gasteiger charge is -2.38. The van der Waals surface area contributed by atoms with E-state index in [9.17, 15) is 9.90 Å². The number of hydrogen-bond donors (Lipinski definition) is 1. The number of carbonyl (C=O) groups is 1. The van der Waals surface area contributed by atoms with Crippen LogP contribution in [-0.2, 0) is 4.79 Å². The number of hydrogen-bond acceptors (Lipinski definition) is 5. The predicted molar refractivity (Wildman–Crippen MR) is 77.0 cm³/mol. The van der Waals surface area contributed by atoms with Crippen LogP contribution in [0.4, 0.5) is 0 Å². The van der Waals surface area contributed by atoms with Gasteiger partial charge in [-0.05, 0) is 13.8 Å². The molecule has 0 aliphatic carbocycles. The summed E-state index contributed by atoms with van der Waals surface area (Å²) < 4.78 is 0. The summed E-state index contributed by atoms with van der Waals surface area (Å²) in [7, 11) is 1.75. The van der Waals surface area contributed by atoms with Gasteiger partial charge in [-0.1, -0.05) is 0 Å². The molecule has 0 radical (unpaired) electrons. The lowest BCUT2D eigenvalue weighted by atomic mass is 10.2. The number of β-amino-alcohol motifs (C(OH)–C–C–N with tert-alkyl or cyclic N) is 1. The van der Waals surface area contributed by atoms with Crippen molar-refractivity contribution in [2.24, 2.45) is 0 Å². The first kappa shape index (κ1) is 16.9. The number of nitrogens with zero attached hydrogens (tertiary/aromatic N) is 4. The van der Waals surface area contributed by atoms with Crippen molar-refractivity contribution in [2.45, 2.75) is 32.4 Å². The first-order valence-corrected chi connectivity index (χ1v) is 7.22. The molecular weight excluding hydrogens is 256 g/mol. The van der Waals surface area contributed by atoms with Crippen molar-refractivity contribution in [1.82, 2.24) is 14.7 Å². The van der Waals surface area contributed by atoms with E-state index in [1.807, 2.05) is 6.92 Å². The highest BCUT2D eigenvalue weighted by Gasteiger charge is 2.27. The highest BCUT2D eigenvalue weighted by Crippen LogP contribution is 2.09. The minimum Gasteiger partial charge on any atom is -0.392 e. The maximum atomic E-state index is 12.2. The molecule has 1 fully saturated rings.